The number of carbonyl (C=O) groups is 1. The molecular weight excluding hydrogens is 240 g/mol. The van der Waals surface area contributed by atoms with Crippen LogP contribution in [-0.2, 0) is 11.3 Å². The fourth-order valence-electron chi connectivity index (χ4n) is 2.34. The first kappa shape index (κ1) is 14.0. The van der Waals surface area contributed by atoms with Crippen molar-refractivity contribution in [1.82, 2.24) is 20.1 Å². The molecule has 0 spiro atoms. The van der Waals surface area contributed by atoms with Crippen LogP contribution in [0.1, 0.15) is 12.0 Å². The lowest BCUT2D eigenvalue weighted by atomic mass is 10.2. The summed E-state index contributed by atoms with van der Waals surface area (Å²) < 4.78 is 0. The number of hydrogen-bond donors (Lipinski definition) is 1. The maximum absolute atomic E-state index is 12.5. The monoisotopic (exact) mass is 262 g/mol. The fourth-order valence-corrected chi connectivity index (χ4v) is 2.34. The lowest BCUT2D eigenvalue weighted by Crippen LogP contribution is -2.48. The van der Waals surface area contributed by atoms with Crippen LogP contribution in [-0.4, -0.2) is 60.5 Å². The van der Waals surface area contributed by atoms with E-state index in [1.54, 1.807) is 6.20 Å². The van der Waals surface area contributed by atoms with Gasteiger partial charge in [0.25, 0.3) is 0 Å². The highest BCUT2D eigenvalue weighted by Crippen LogP contribution is 2.09. The molecule has 0 bridgehead atoms. The van der Waals surface area contributed by atoms with Gasteiger partial charge in [-0.25, -0.2) is 0 Å². The number of carbonyl (C=O) groups excluding carboxylic acids is 1. The number of rotatable bonds is 4. The molecular formula is C14H22N4O. The van der Waals surface area contributed by atoms with Crippen LogP contribution in [0.4, 0.5) is 0 Å². The molecule has 0 aromatic carbocycles. The maximum Gasteiger partial charge on any atom is 0.241 e. The SMILES string of the molecule is CN(C)CC1NCCCN(Cc2cccnc2)C1=O. The summed E-state index contributed by atoms with van der Waals surface area (Å²) in [5.74, 6) is 0.190. The zero-order valence-electron chi connectivity index (χ0n) is 11.7. The minimum absolute atomic E-state index is 0.103. The van der Waals surface area contributed by atoms with Crippen LogP contribution in [0.15, 0.2) is 24.5 Å². The summed E-state index contributed by atoms with van der Waals surface area (Å²) in [5, 5.41) is 3.33. The van der Waals surface area contributed by atoms with Gasteiger partial charge in [0.15, 0.2) is 0 Å². The van der Waals surface area contributed by atoms with E-state index in [1.165, 1.54) is 0 Å². The molecule has 19 heavy (non-hydrogen) atoms. The quantitative estimate of drug-likeness (QED) is 0.850. The smallest absolute Gasteiger partial charge is 0.241 e. The van der Waals surface area contributed by atoms with E-state index in [9.17, 15) is 4.79 Å². The van der Waals surface area contributed by atoms with Crippen LogP contribution >= 0.6 is 0 Å². The van der Waals surface area contributed by atoms with Crippen molar-refractivity contribution in [2.24, 2.45) is 0 Å². The minimum Gasteiger partial charge on any atom is -0.337 e. The van der Waals surface area contributed by atoms with Gasteiger partial charge in [-0.15, -0.1) is 0 Å². The second-order valence-electron chi connectivity index (χ2n) is 5.24. The van der Waals surface area contributed by atoms with Gasteiger partial charge in [-0.1, -0.05) is 6.07 Å². The molecule has 1 aliphatic rings. The molecule has 1 saturated heterocycles. The van der Waals surface area contributed by atoms with Crippen LogP contribution in [0.25, 0.3) is 0 Å². The second kappa shape index (κ2) is 6.63. The lowest BCUT2D eigenvalue weighted by Gasteiger charge is -2.26. The first-order chi connectivity index (χ1) is 9.16. The van der Waals surface area contributed by atoms with Gasteiger partial charge in [-0.05, 0) is 38.7 Å². The van der Waals surface area contributed by atoms with Gasteiger partial charge in [0.05, 0.1) is 6.04 Å². The number of hydrogen-bond acceptors (Lipinski definition) is 4. The zero-order valence-corrected chi connectivity index (χ0v) is 11.7. The first-order valence-electron chi connectivity index (χ1n) is 6.72. The van der Waals surface area contributed by atoms with Crippen molar-refractivity contribution in [2.75, 3.05) is 33.7 Å². The first-order valence-corrected chi connectivity index (χ1v) is 6.72. The van der Waals surface area contributed by atoms with E-state index in [2.05, 4.69) is 10.3 Å². The Morgan fingerprint density at radius 2 is 2.37 bits per heavy atom. The molecule has 5 nitrogen and oxygen atoms in total. The topological polar surface area (TPSA) is 48.5 Å². The minimum atomic E-state index is -0.103. The van der Waals surface area contributed by atoms with E-state index in [4.69, 9.17) is 0 Å². The highest BCUT2D eigenvalue weighted by Gasteiger charge is 2.26. The Labute approximate surface area is 114 Å². The molecule has 104 valence electrons. The molecule has 0 saturated carbocycles. The molecule has 1 N–H and O–H groups in total. The number of aromatic nitrogens is 1. The highest BCUT2D eigenvalue weighted by molar-refractivity contribution is 5.82. The van der Waals surface area contributed by atoms with Crippen LogP contribution in [0, 0.1) is 0 Å². The van der Waals surface area contributed by atoms with Gasteiger partial charge in [0.2, 0.25) is 5.91 Å². The molecule has 1 aromatic heterocycles. The summed E-state index contributed by atoms with van der Waals surface area (Å²) in [6, 6.07) is 3.82. The summed E-state index contributed by atoms with van der Waals surface area (Å²) in [6.07, 6.45) is 4.58. The van der Waals surface area contributed by atoms with E-state index in [0.717, 1.165) is 31.6 Å². The molecule has 0 radical (unpaired) electrons. The molecule has 1 unspecified atom stereocenters. The number of likely N-dealkylation sites (N-methyl/N-ethyl adjacent to an activating group) is 1. The maximum atomic E-state index is 12.5. The van der Waals surface area contributed by atoms with E-state index in [-0.39, 0.29) is 11.9 Å². The molecule has 2 rings (SSSR count). The molecule has 1 fully saturated rings. The Morgan fingerprint density at radius 3 is 3.05 bits per heavy atom. The summed E-state index contributed by atoms with van der Waals surface area (Å²) >= 11 is 0. The molecule has 5 heteroatoms. The van der Waals surface area contributed by atoms with E-state index >= 15 is 0 Å². The highest BCUT2D eigenvalue weighted by atomic mass is 16.2. The molecule has 1 amide bonds. The van der Waals surface area contributed by atoms with Crippen LogP contribution in [0.3, 0.4) is 0 Å². The standard InChI is InChI=1S/C14H22N4O/c1-17(2)11-13-14(19)18(8-4-7-16-13)10-12-5-3-6-15-9-12/h3,5-6,9,13,16H,4,7-8,10-11H2,1-2H3. The van der Waals surface area contributed by atoms with Gasteiger partial charge >= 0.3 is 0 Å². The van der Waals surface area contributed by atoms with Crippen molar-refractivity contribution in [2.45, 2.75) is 19.0 Å². The largest absolute Gasteiger partial charge is 0.337 e. The third-order valence-corrected chi connectivity index (χ3v) is 3.25. The van der Waals surface area contributed by atoms with Crippen molar-refractivity contribution >= 4 is 5.91 Å². The third-order valence-electron chi connectivity index (χ3n) is 3.25. The third kappa shape index (κ3) is 4.01. The summed E-state index contributed by atoms with van der Waals surface area (Å²) in [5.41, 5.74) is 1.08. The summed E-state index contributed by atoms with van der Waals surface area (Å²) in [4.78, 5) is 20.6. The van der Waals surface area contributed by atoms with E-state index in [1.807, 2.05) is 42.2 Å². The Bertz CT molecular complexity index is 407. The van der Waals surface area contributed by atoms with Gasteiger partial charge in [0, 0.05) is 32.0 Å². The van der Waals surface area contributed by atoms with Gasteiger partial charge in [0.1, 0.15) is 0 Å². The number of pyridine rings is 1. The average Bonchev–Trinajstić information content (AvgIpc) is 2.55. The summed E-state index contributed by atoms with van der Waals surface area (Å²) in [6.45, 7) is 3.10. The molecule has 2 heterocycles. The van der Waals surface area contributed by atoms with Crippen LogP contribution in [0.2, 0.25) is 0 Å². The Hall–Kier alpha value is -1.46. The predicted octanol–water partition coefficient (Wildman–Crippen LogP) is 0.334. The molecule has 1 aliphatic heterocycles. The van der Waals surface area contributed by atoms with Crippen molar-refractivity contribution < 1.29 is 4.79 Å². The molecule has 0 aliphatic carbocycles. The van der Waals surface area contributed by atoms with Crippen molar-refractivity contribution in [3.05, 3.63) is 30.1 Å². The Balaban J connectivity index is 2.04. The number of amides is 1. The Kier molecular flexibility index (Phi) is 4.87. The van der Waals surface area contributed by atoms with Gasteiger partial charge in [-0.2, -0.15) is 0 Å². The second-order valence-corrected chi connectivity index (χ2v) is 5.24. The molecule has 1 aromatic rings. The zero-order chi connectivity index (χ0) is 13.7. The van der Waals surface area contributed by atoms with Crippen molar-refractivity contribution in [3.63, 3.8) is 0 Å². The lowest BCUT2D eigenvalue weighted by molar-refractivity contribution is -0.133. The average molecular weight is 262 g/mol. The van der Waals surface area contributed by atoms with Crippen molar-refractivity contribution in [3.8, 4) is 0 Å². The van der Waals surface area contributed by atoms with Crippen LogP contribution in [0.5, 0.6) is 0 Å². The number of nitrogens with zero attached hydrogens (tertiary/aromatic N) is 3. The summed E-state index contributed by atoms with van der Waals surface area (Å²) in [7, 11) is 3.98. The Morgan fingerprint density at radius 1 is 1.53 bits per heavy atom. The normalized spacial score (nSPS) is 20.7. The van der Waals surface area contributed by atoms with Gasteiger partial charge in [-0.3, -0.25) is 9.78 Å². The van der Waals surface area contributed by atoms with E-state index in [0.29, 0.717) is 6.54 Å². The van der Waals surface area contributed by atoms with Crippen LogP contribution < -0.4 is 5.32 Å². The predicted molar refractivity (Wildman–Crippen MR) is 74.6 cm³/mol. The van der Waals surface area contributed by atoms with Gasteiger partial charge < -0.3 is 15.1 Å². The number of nitrogens with one attached hydrogen (secondary N) is 1. The molecule has 1 atom stereocenters. The van der Waals surface area contributed by atoms with E-state index < -0.39 is 0 Å². The fraction of sp³-hybridized carbons (Fsp3) is 0.571. The van der Waals surface area contributed by atoms with Crippen molar-refractivity contribution in [1.29, 1.82) is 0 Å².